The summed E-state index contributed by atoms with van der Waals surface area (Å²) in [6, 6.07) is 12.9. The van der Waals surface area contributed by atoms with E-state index in [1.165, 1.54) is 12.1 Å². The lowest BCUT2D eigenvalue weighted by molar-refractivity contribution is -0.384. The van der Waals surface area contributed by atoms with E-state index in [0.717, 1.165) is 27.7 Å². The molecule has 0 spiro atoms. The zero-order valence-corrected chi connectivity index (χ0v) is 17.5. The Kier molecular flexibility index (Phi) is 4.90. The van der Waals surface area contributed by atoms with Crippen LogP contribution in [-0.4, -0.2) is 64.4 Å². The van der Waals surface area contributed by atoms with Gasteiger partial charge in [0.05, 0.1) is 24.1 Å². The summed E-state index contributed by atoms with van der Waals surface area (Å²) in [5.41, 5.74) is 3.48. The number of amides is 2. The molecule has 2 aliphatic heterocycles. The molecule has 5 rings (SSSR count). The molecule has 1 N–H and O–H groups in total. The number of H-pyrrole nitrogens is 1. The lowest BCUT2D eigenvalue weighted by Crippen LogP contribution is -2.63. The van der Waals surface area contributed by atoms with Crippen LogP contribution in [0.2, 0.25) is 0 Å². The largest absolute Gasteiger partial charge is 0.383 e. The molecule has 3 heterocycles. The van der Waals surface area contributed by atoms with Gasteiger partial charge in [-0.2, -0.15) is 0 Å². The summed E-state index contributed by atoms with van der Waals surface area (Å²) < 4.78 is 5.11. The van der Waals surface area contributed by atoms with Gasteiger partial charge in [-0.25, -0.2) is 0 Å². The third-order valence-corrected chi connectivity index (χ3v) is 6.33. The maximum absolute atomic E-state index is 13.4. The fourth-order valence-corrected chi connectivity index (χ4v) is 4.84. The first-order valence-corrected chi connectivity index (χ1v) is 10.4. The molecule has 2 aliphatic rings. The molecule has 0 bridgehead atoms. The fraction of sp³-hybridized carbons (Fsp3) is 0.304. The Morgan fingerprint density at radius 2 is 1.91 bits per heavy atom. The van der Waals surface area contributed by atoms with Gasteiger partial charge in [0, 0.05) is 48.8 Å². The lowest BCUT2D eigenvalue weighted by Gasteiger charge is -2.47. The molecule has 1 saturated heterocycles. The van der Waals surface area contributed by atoms with Crippen molar-refractivity contribution in [2.75, 3.05) is 26.8 Å². The Balaban J connectivity index is 1.65. The molecule has 32 heavy (non-hydrogen) atoms. The number of nitrogens with one attached hydrogen (secondary N) is 1. The van der Waals surface area contributed by atoms with Gasteiger partial charge < -0.3 is 19.5 Å². The third-order valence-electron chi connectivity index (χ3n) is 6.33. The minimum atomic E-state index is -0.639. The number of nitro benzene ring substituents is 1. The number of fused-ring (bicyclic) bond motifs is 4. The molecule has 0 unspecified atom stereocenters. The predicted octanol–water partition coefficient (Wildman–Crippen LogP) is 2.41. The first kappa shape index (κ1) is 20.2. The van der Waals surface area contributed by atoms with E-state index in [2.05, 4.69) is 4.98 Å². The highest BCUT2D eigenvalue weighted by atomic mass is 16.6. The number of methoxy groups -OCH3 is 1. The van der Waals surface area contributed by atoms with Gasteiger partial charge in [0.1, 0.15) is 6.04 Å². The van der Waals surface area contributed by atoms with Crippen molar-refractivity contribution in [3.63, 3.8) is 0 Å². The van der Waals surface area contributed by atoms with E-state index in [1.54, 1.807) is 29.0 Å². The zero-order valence-electron chi connectivity index (χ0n) is 17.5. The maximum atomic E-state index is 13.4. The fourth-order valence-electron chi connectivity index (χ4n) is 4.84. The molecular weight excluding hydrogens is 412 g/mol. The van der Waals surface area contributed by atoms with E-state index in [0.29, 0.717) is 19.6 Å². The van der Waals surface area contributed by atoms with E-state index in [1.807, 2.05) is 24.3 Å². The standard InChI is InChI=1S/C23H22N4O5/c1-32-11-10-25-13-20(28)26-19(23(25)29)12-17-16-4-2-3-5-18(16)24-21(17)22(26)14-6-8-15(9-7-14)27(30)31/h2-9,19,22,24H,10-13H2,1H3/t19-,22-/m0/s1. The van der Waals surface area contributed by atoms with Crippen molar-refractivity contribution >= 4 is 28.4 Å². The SMILES string of the molecule is COCCN1CC(=O)N2[C@@H](c3ccc([N+](=O)[O-])cc3)c3[nH]c4ccccc4c3C[C@H]2C1=O. The van der Waals surface area contributed by atoms with Crippen molar-refractivity contribution in [1.82, 2.24) is 14.8 Å². The first-order chi connectivity index (χ1) is 15.5. The van der Waals surface area contributed by atoms with Crippen molar-refractivity contribution in [2.45, 2.75) is 18.5 Å². The molecule has 0 radical (unpaired) electrons. The van der Waals surface area contributed by atoms with Gasteiger partial charge in [0.2, 0.25) is 11.8 Å². The number of para-hydroxylation sites is 1. The Hall–Kier alpha value is -3.72. The zero-order chi connectivity index (χ0) is 22.4. The summed E-state index contributed by atoms with van der Waals surface area (Å²) in [4.78, 5) is 44.0. The summed E-state index contributed by atoms with van der Waals surface area (Å²) in [6.07, 6.45) is 0.414. The number of nitro groups is 1. The van der Waals surface area contributed by atoms with Gasteiger partial charge in [-0.1, -0.05) is 18.2 Å². The van der Waals surface area contributed by atoms with Crippen molar-refractivity contribution in [2.24, 2.45) is 0 Å². The number of non-ortho nitro benzene ring substituents is 1. The number of piperazine rings is 1. The highest BCUT2D eigenvalue weighted by Gasteiger charge is 2.48. The normalized spacial score (nSPS) is 20.4. The van der Waals surface area contributed by atoms with E-state index in [-0.39, 0.29) is 24.0 Å². The molecule has 1 fully saturated rings. The van der Waals surface area contributed by atoms with Crippen LogP contribution >= 0.6 is 0 Å². The van der Waals surface area contributed by atoms with E-state index in [4.69, 9.17) is 4.74 Å². The average molecular weight is 434 g/mol. The number of aromatic nitrogens is 1. The second-order valence-electron chi connectivity index (χ2n) is 8.09. The number of benzene rings is 2. The van der Waals surface area contributed by atoms with Crippen molar-refractivity contribution < 1.29 is 19.2 Å². The topological polar surface area (TPSA) is 109 Å². The molecule has 2 atom stereocenters. The molecule has 2 amide bonds. The number of hydrogen-bond donors (Lipinski definition) is 1. The number of carbonyl (C=O) groups is 2. The molecule has 164 valence electrons. The van der Waals surface area contributed by atoms with Crippen LogP contribution in [0.15, 0.2) is 48.5 Å². The number of hydrogen-bond acceptors (Lipinski definition) is 5. The van der Waals surface area contributed by atoms with Gasteiger partial charge in [0.25, 0.3) is 5.69 Å². The number of aromatic amines is 1. The number of ether oxygens (including phenoxy) is 1. The Bertz CT molecular complexity index is 1220. The van der Waals surface area contributed by atoms with Gasteiger partial charge in [-0.15, -0.1) is 0 Å². The van der Waals surface area contributed by atoms with Crippen LogP contribution in [0.3, 0.4) is 0 Å². The molecule has 0 aliphatic carbocycles. The van der Waals surface area contributed by atoms with Gasteiger partial charge in [-0.3, -0.25) is 19.7 Å². The molecular formula is C23H22N4O5. The predicted molar refractivity (Wildman–Crippen MR) is 116 cm³/mol. The van der Waals surface area contributed by atoms with Crippen LogP contribution in [0.4, 0.5) is 5.69 Å². The summed E-state index contributed by atoms with van der Waals surface area (Å²) in [5.74, 6) is -0.261. The second-order valence-corrected chi connectivity index (χ2v) is 8.09. The molecule has 9 nitrogen and oxygen atoms in total. The summed E-state index contributed by atoms with van der Waals surface area (Å²) in [7, 11) is 1.56. The molecule has 0 saturated carbocycles. The van der Waals surface area contributed by atoms with Gasteiger partial charge in [0.15, 0.2) is 0 Å². The highest BCUT2D eigenvalue weighted by molar-refractivity contribution is 5.97. The van der Waals surface area contributed by atoms with E-state index >= 15 is 0 Å². The molecule has 9 heteroatoms. The lowest BCUT2D eigenvalue weighted by atomic mass is 9.86. The van der Waals surface area contributed by atoms with Crippen molar-refractivity contribution in [1.29, 1.82) is 0 Å². The van der Waals surface area contributed by atoms with Crippen LogP contribution in [-0.2, 0) is 20.7 Å². The third kappa shape index (κ3) is 3.13. The molecule has 2 aromatic carbocycles. The smallest absolute Gasteiger partial charge is 0.269 e. The van der Waals surface area contributed by atoms with Gasteiger partial charge >= 0.3 is 0 Å². The van der Waals surface area contributed by atoms with Crippen molar-refractivity contribution in [3.8, 4) is 0 Å². The van der Waals surface area contributed by atoms with Crippen molar-refractivity contribution in [3.05, 3.63) is 75.5 Å². The summed E-state index contributed by atoms with van der Waals surface area (Å²) in [6.45, 7) is 0.696. The quantitative estimate of drug-likeness (QED) is 0.490. The second kappa shape index (κ2) is 7.76. The van der Waals surface area contributed by atoms with Gasteiger partial charge in [-0.05, 0) is 29.3 Å². The van der Waals surface area contributed by atoms with Crippen LogP contribution in [0.25, 0.3) is 10.9 Å². The van der Waals surface area contributed by atoms with Crippen LogP contribution in [0, 0.1) is 10.1 Å². The summed E-state index contributed by atoms with van der Waals surface area (Å²) >= 11 is 0. The minimum Gasteiger partial charge on any atom is -0.383 e. The Morgan fingerprint density at radius 3 is 2.62 bits per heavy atom. The number of carbonyl (C=O) groups excluding carboxylic acids is 2. The van der Waals surface area contributed by atoms with E-state index < -0.39 is 17.0 Å². The molecule has 1 aromatic heterocycles. The van der Waals surface area contributed by atoms with Crippen LogP contribution in [0.1, 0.15) is 22.9 Å². The number of nitrogens with zero attached hydrogens (tertiary/aromatic N) is 3. The van der Waals surface area contributed by atoms with Crippen LogP contribution < -0.4 is 0 Å². The minimum absolute atomic E-state index is 0.0161. The summed E-state index contributed by atoms with van der Waals surface area (Å²) in [5, 5.41) is 12.1. The maximum Gasteiger partial charge on any atom is 0.269 e. The number of rotatable bonds is 5. The Labute approximate surface area is 183 Å². The molecule has 3 aromatic rings. The Morgan fingerprint density at radius 1 is 1.16 bits per heavy atom. The van der Waals surface area contributed by atoms with Crippen LogP contribution in [0.5, 0.6) is 0 Å². The monoisotopic (exact) mass is 434 g/mol. The first-order valence-electron chi connectivity index (χ1n) is 10.4. The average Bonchev–Trinajstić information content (AvgIpc) is 3.17. The van der Waals surface area contributed by atoms with E-state index in [9.17, 15) is 19.7 Å². The highest BCUT2D eigenvalue weighted by Crippen LogP contribution is 2.42.